The van der Waals surface area contributed by atoms with Crippen LogP contribution < -0.4 is 5.32 Å². The molecule has 3 heterocycles. The molecule has 49 heavy (non-hydrogen) atoms. The number of aromatic nitrogens is 4. The lowest BCUT2D eigenvalue weighted by Gasteiger charge is -2.33. The molecule has 1 saturated heterocycles. The number of nitrogens with one attached hydrogen (secondary N) is 1. The molecule has 3 aliphatic rings. The molecule has 3 aliphatic heterocycles. The molecule has 0 aliphatic carbocycles. The molecule has 0 saturated carbocycles. The summed E-state index contributed by atoms with van der Waals surface area (Å²) < 4.78 is 34.2. The molecular weight excluding hydrogens is 680 g/mol. The van der Waals surface area contributed by atoms with Crippen LogP contribution in [0.3, 0.4) is 0 Å². The van der Waals surface area contributed by atoms with Crippen LogP contribution in [0.15, 0.2) is 96.4 Å². The number of rotatable bonds is 9. The van der Waals surface area contributed by atoms with Crippen molar-refractivity contribution in [3.63, 3.8) is 0 Å². The molecule has 3 aromatic rings. The average Bonchev–Trinajstić information content (AvgIpc) is 3.58. The predicted molar refractivity (Wildman–Crippen MR) is 173 cm³/mol. The van der Waals surface area contributed by atoms with E-state index in [1.54, 1.807) is 0 Å². The molecule has 0 unspecified atom stereocenters. The first-order valence-electron chi connectivity index (χ1n) is 14.5. The van der Waals surface area contributed by atoms with Gasteiger partial charge in [0.1, 0.15) is 25.2 Å². The first-order chi connectivity index (χ1) is 23.5. The zero-order chi connectivity index (χ0) is 34.7. The summed E-state index contributed by atoms with van der Waals surface area (Å²) in [6.07, 6.45) is 0.868. The standard InChI is InChI=1S/C31H25ClN8O8S/c32-22-11-12-24(23(15-22)40(44)45)49(46,47)39-14-13-37(17-26(39)42)25(41)16-38-19-35-29-27(33-18-34-29)30(38)36-31(43)48-28(20-7-3-1-4-8-20)21-9-5-2-6-10-21/h1-12,15,18-19,28H,13-14,16-17H2,(H,36,43). The van der Waals surface area contributed by atoms with Crippen LogP contribution in [0.2, 0.25) is 5.02 Å². The summed E-state index contributed by atoms with van der Waals surface area (Å²) in [6, 6.07) is 21.2. The number of sulfonamides is 1. The van der Waals surface area contributed by atoms with Gasteiger partial charge in [0, 0.05) is 17.6 Å². The Balaban J connectivity index is 1.19. The van der Waals surface area contributed by atoms with E-state index in [-0.39, 0.29) is 28.9 Å². The van der Waals surface area contributed by atoms with Crippen molar-refractivity contribution in [1.29, 1.82) is 0 Å². The Morgan fingerprint density at radius 1 is 0.980 bits per heavy atom. The normalized spacial score (nSPS) is 13.5. The molecule has 0 atom stereocenters. The fraction of sp³-hybridized carbons (Fsp3) is 0.161. The first-order valence-corrected chi connectivity index (χ1v) is 16.4. The zero-order valence-electron chi connectivity index (χ0n) is 25.2. The SMILES string of the molecule is O=C(Nc1c2ncnc-2ncn1CC(=O)N1CCN(S(=O)(=O)c2ccc(Cl)cc2[N+](=O)[O-])C(=O)C1)OC(c1ccccc1)c1ccccc1. The number of hydrogen-bond donors (Lipinski definition) is 1. The topological polar surface area (TPSA) is 200 Å². The van der Waals surface area contributed by atoms with Crippen LogP contribution in [-0.2, 0) is 30.9 Å². The van der Waals surface area contributed by atoms with E-state index in [1.165, 1.54) is 17.2 Å². The van der Waals surface area contributed by atoms with Gasteiger partial charge in [-0.2, -0.15) is 0 Å². The van der Waals surface area contributed by atoms with Crippen molar-refractivity contribution in [2.45, 2.75) is 17.5 Å². The number of fused-ring (bicyclic) bond motifs is 1. The van der Waals surface area contributed by atoms with Gasteiger partial charge in [-0.05, 0) is 23.3 Å². The molecule has 3 aromatic carbocycles. The fourth-order valence-corrected chi connectivity index (χ4v) is 6.94. The molecule has 16 nitrogen and oxygen atoms in total. The van der Waals surface area contributed by atoms with E-state index in [4.69, 9.17) is 16.3 Å². The van der Waals surface area contributed by atoms with Gasteiger partial charge in [0.25, 0.3) is 21.6 Å². The second-order valence-corrected chi connectivity index (χ2v) is 12.9. The summed E-state index contributed by atoms with van der Waals surface area (Å²) in [4.78, 5) is 63.4. The Bertz CT molecular complexity index is 2090. The molecule has 3 amide bonds. The third-order valence-electron chi connectivity index (χ3n) is 7.58. The highest BCUT2D eigenvalue weighted by molar-refractivity contribution is 7.89. The lowest BCUT2D eigenvalue weighted by atomic mass is 10.0. The Hall–Kier alpha value is -5.94. The zero-order valence-corrected chi connectivity index (χ0v) is 26.8. The largest absolute Gasteiger partial charge is 0.436 e. The number of hydrogen-bond acceptors (Lipinski definition) is 11. The lowest BCUT2D eigenvalue weighted by molar-refractivity contribution is -0.387. The van der Waals surface area contributed by atoms with Crippen molar-refractivity contribution in [1.82, 2.24) is 28.7 Å². The minimum atomic E-state index is -4.65. The maximum absolute atomic E-state index is 13.5. The predicted octanol–water partition coefficient (Wildman–Crippen LogP) is 3.74. The molecule has 0 radical (unpaired) electrons. The van der Waals surface area contributed by atoms with Crippen LogP contribution in [-0.4, -0.2) is 79.6 Å². The Morgan fingerprint density at radius 3 is 2.29 bits per heavy atom. The molecule has 1 N–H and O–H groups in total. The van der Waals surface area contributed by atoms with Gasteiger partial charge in [-0.1, -0.05) is 72.3 Å². The van der Waals surface area contributed by atoms with Gasteiger partial charge in [-0.3, -0.25) is 25.0 Å². The number of amides is 3. The number of piperazine rings is 1. The third-order valence-corrected chi connectivity index (χ3v) is 9.68. The number of anilines is 1. The molecule has 0 aromatic heterocycles. The molecule has 6 rings (SSSR count). The summed E-state index contributed by atoms with van der Waals surface area (Å²) in [5.41, 5.74) is 0.818. The van der Waals surface area contributed by atoms with Crippen molar-refractivity contribution in [3.8, 4) is 11.5 Å². The highest BCUT2D eigenvalue weighted by Crippen LogP contribution is 2.31. The van der Waals surface area contributed by atoms with Crippen LogP contribution in [0.4, 0.5) is 16.3 Å². The van der Waals surface area contributed by atoms with Crippen LogP contribution in [0.5, 0.6) is 0 Å². The number of ether oxygens (including phenoxy) is 1. The Kier molecular flexibility index (Phi) is 9.19. The first kappa shape index (κ1) is 33.0. The van der Waals surface area contributed by atoms with Crippen LogP contribution in [0.1, 0.15) is 17.2 Å². The number of benzene rings is 3. The van der Waals surface area contributed by atoms with E-state index in [0.717, 1.165) is 34.2 Å². The second-order valence-electron chi connectivity index (χ2n) is 10.7. The number of nitrogens with zero attached hydrogens (tertiary/aromatic N) is 7. The summed E-state index contributed by atoms with van der Waals surface area (Å²) in [5.74, 6) is -1.36. The van der Waals surface area contributed by atoms with Gasteiger partial charge in [0.05, 0.1) is 17.8 Å². The lowest BCUT2D eigenvalue weighted by Crippen LogP contribution is -2.54. The maximum Gasteiger partial charge on any atom is 0.413 e. The van der Waals surface area contributed by atoms with Crippen LogP contribution in [0.25, 0.3) is 11.5 Å². The van der Waals surface area contributed by atoms with Gasteiger partial charge in [-0.25, -0.2) is 32.5 Å². The minimum absolute atomic E-state index is 0.0447. The van der Waals surface area contributed by atoms with Crippen molar-refractivity contribution >= 4 is 51.0 Å². The second kappa shape index (κ2) is 13.7. The number of nitro groups is 1. The van der Waals surface area contributed by atoms with Gasteiger partial charge >= 0.3 is 6.09 Å². The summed E-state index contributed by atoms with van der Waals surface area (Å²) in [6.45, 7) is -1.74. The van der Waals surface area contributed by atoms with Crippen molar-refractivity contribution in [2.24, 2.45) is 0 Å². The van der Waals surface area contributed by atoms with E-state index < -0.39 is 69.2 Å². The number of halogens is 1. The number of nitro benzene ring substituents is 1. The molecule has 18 heteroatoms. The summed E-state index contributed by atoms with van der Waals surface area (Å²) >= 11 is 5.82. The summed E-state index contributed by atoms with van der Waals surface area (Å²) in [5, 5.41) is 14.1. The highest BCUT2D eigenvalue weighted by atomic mass is 35.5. The molecule has 1 fully saturated rings. The molecular formula is C31H25ClN8O8S. The summed E-state index contributed by atoms with van der Waals surface area (Å²) in [7, 11) is -4.65. The smallest absolute Gasteiger partial charge is 0.413 e. The van der Waals surface area contributed by atoms with Crippen molar-refractivity contribution < 1.29 is 32.5 Å². The molecule has 0 bridgehead atoms. The van der Waals surface area contributed by atoms with E-state index in [9.17, 15) is 32.9 Å². The van der Waals surface area contributed by atoms with Gasteiger partial charge < -0.3 is 14.2 Å². The van der Waals surface area contributed by atoms with Crippen LogP contribution in [0, 0.1) is 10.1 Å². The monoisotopic (exact) mass is 704 g/mol. The van der Waals surface area contributed by atoms with Gasteiger partial charge in [0.15, 0.2) is 22.5 Å². The maximum atomic E-state index is 13.5. The van der Waals surface area contributed by atoms with Gasteiger partial charge in [-0.15, -0.1) is 0 Å². The van der Waals surface area contributed by atoms with Crippen LogP contribution >= 0.6 is 11.6 Å². The van der Waals surface area contributed by atoms with Crippen molar-refractivity contribution in [2.75, 3.05) is 25.0 Å². The van der Waals surface area contributed by atoms with Gasteiger partial charge in [0.2, 0.25) is 5.91 Å². The third kappa shape index (κ3) is 6.88. The van der Waals surface area contributed by atoms with Crippen molar-refractivity contribution in [3.05, 3.63) is 118 Å². The molecule has 0 spiro atoms. The van der Waals surface area contributed by atoms with E-state index in [0.29, 0.717) is 4.31 Å². The Labute approximate surface area is 283 Å². The quantitative estimate of drug-likeness (QED) is 0.173. The van der Waals surface area contributed by atoms with E-state index in [2.05, 4.69) is 20.3 Å². The number of carbonyl (C=O) groups is 3. The number of imidazole rings is 1. The van der Waals surface area contributed by atoms with E-state index >= 15 is 0 Å². The fourth-order valence-electron chi connectivity index (χ4n) is 5.25. The minimum Gasteiger partial charge on any atom is -0.436 e. The average molecular weight is 705 g/mol. The Morgan fingerprint density at radius 2 is 1.65 bits per heavy atom. The molecule has 250 valence electrons. The number of carbonyl (C=O) groups excluding carboxylic acids is 3. The highest BCUT2D eigenvalue weighted by Gasteiger charge is 2.39. The van der Waals surface area contributed by atoms with E-state index in [1.807, 2.05) is 60.7 Å².